The van der Waals surface area contributed by atoms with Gasteiger partial charge < -0.3 is 23.5 Å². The smallest absolute Gasteiger partial charge is 0.355 e. The molecule has 0 fully saturated rings. The van der Waals surface area contributed by atoms with Crippen LogP contribution in [0.3, 0.4) is 0 Å². The quantitative estimate of drug-likeness (QED) is 0.0400. The lowest BCUT2D eigenvalue weighted by Gasteiger charge is -2.32. The van der Waals surface area contributed by atoms with Crippen molar-refractivity contribution in [1.29, 1.82) is 0 Å². The van der Waals surface area contributed by atoms with Crippen LogP contribution in [-0.2, 0) is 20.2 Å². The zero-order valence-corrected chi connectivity index (χ0v) is 38.4. The Hall–Kier alpha value is -1.21. The highest BCUT2D eigenvalue weighted by Crippen LogP contribution is 2.62. The summed E-state index contributed by atoms with van der Waals surface area (Å²) in [5.41, 5.74) is 0. The molecule has 0 saturated heterocycles. The van der Waals surface area contributed by atoms with Crippen LogP contribution in [0, 0.1) is 0 Å². The number of aliphatic hydroxyl groups excluding tert-OH is 1. The first-order chi connectivity index (χ1) is 27.4. The summed E-state index contributed by atoms with van der Waals surface area (Å²) in [6.07, 6.45) is 45.3. The van der Waals surface area contributed by atoms with Crippen LogP contribution in [0.1, 0.15) is 217 Å². The van der Waals surface area contributed by atoms with E-state index in [0.717, 1.165) is 58.0 Å². The van der Waals surface area contributed by atoms with Crippen molar-refractivity contribution < 1.29 is 23.1 Å². The third-order valence-electron chi connectivity index (χ3n) is 10.8. The molecule has 0 aliphatic heterocycles. The lowest BCUT2D eigenvalue weighted by molar-refractivity contribution is 0.150. The fraction of sp³-hybridized carbons (Fsp3) is 0.833. The third-order valence-corrected chi connectivity index (χ3v) is 13.1. The summed E-state index contributed by atoms with van der Waals surface area (Å²) in [6, 6.07) is 3.59. The molecule has 1 aromatic rings. The second kappa shape index (κ2) is 38.0. The Labute approximate surface area is 347 Å². The van der Waals surface area contributed by atoms with Crippen molar-refractivity contribution in [3.05, 3.63) is 48.0 Å². The molecule has 0 spiro atoms. The molecule has 1 unspecified atom stereocenters. The van der Waals surface area contributed by atoms with E-state index in [1.54, 1.807) is 6.07 Å². The molecule has 0 aliphatic carbocycles. The normalized spacial score (nSPS) is 13.1. The minimum atomic E-state index is -3.63. The number of rotatable bonds is 42. The number of unbranched alkanes of at least 4 members (excludes halogenated alkanes) is 24. The van der Waals surface area contributed by atoms with Crippen molar-refractivity contribution in [2.24, 2.45) is 0 Å². The third kappa shape index (κ3) is 29.1. The summed E-state index contributed by atoms with van der Waals surface area (Å²) < 4.78 is 33.5. The highest BCUT2D eigenvalue weighted by molar-refractivity contribution is 7.54. The molecule has 328 valence electrons. The average Bonchev–Trinajstić information content (AvgIpc) is 3.65. The summed E-state index contributed by atoms with van der Waals surface area (Å²) >= 11 is 0. The Bertz CT molecular complexity index is 1040. The molecular weight excluding hydrogens is 716 g/mol. The van der Waals surface area contributed by atoms with Gasteiger partial charge in [-0.15, -0.1) is 0 Å². The number of furan rings is 1. The Morgan fingerprint density at radius 3 is 1.34 bits per heavy atom. The highest BCUT2D eigenvalue weighted by Gasteiger charge is 2.42. The second-order valence-corrected chi connectivity index (χ2v) is 18.6. The van der Waals surface area contributed by atoms with Gasteiger partial charge in [-0.3, -0.25) is 9.46 Å². The maximum absolute atomic E-state index is 14.8. The summed E-state index contributed by atoms with van der Waals surface area (Å²) in [7, 11) is 2.49. The van der Waals surface area contributed by atoms with E-state index in [2.05, 4.69) is 62.0 Å². The van der Waals surface area contributed by atoms with Crippen LogP contribution in [0.4, 0.5) is 0 Å². The maximum Gasteiger partial charge on any atom is 0.355 e. The van der Waals surface area contributed by atoms with Crippen molar-refractivity contribution in [2.75, 3.05) is 47.4 Å². The molecule has 1 aromatic heterocycles. The van der Waals surface area contributed by atoms with E-state index >= 15 is 0 Å². The first kappa shape index (κ1) is 52.8. The number of hydrogen-bond donors (Lipinski definition) is 1. The predicted octanol–water partition coefficient (Wildman–Crippen LogP) is 15.0. The molecule has 0 amide bonds. The molecule has 1 atom stereocenters. The zero-order valence-electron chi connectivity index (χ0n) is 37.5. The Morgan fingerprint density at radius 2 is 0.964 bits per heavy atom. The van der Waals surface area contributed by atoms with Crippen molar-refractivity contribution >= 4 is 7.60 Å². The first-order valence-corrected chi connectivity index (χ1v) is 25.2. The molecule has 1 heterocycles. The number of aliphatic hydroxyl groups is 1. The largest absolute Gasteiger partial charge is 0.461 e. The standard InChI is InChI=1S/C48H91N2O5P/c1-6-8-10-12-14-16-18-20-22-24-26-28-30-32-34-36-43-53-56(52,48(47-40-39-46(45-51)55-47)50(5)42-38-41-49(3)4)54-44-37-35-33-31-29-27-25-23-21-19-17-15-13-11-9-7-2/h20-23,39-40,48,51H,6-19,24-38,41-45H2,1-5H3/b22-20-,23-21-. The van der Waals surface area contributed by atoms with E-state index in [9.17, 15) is 9.67 Å². The van der Waals surface area contributed by atoms with Crippen molar-refractivity contribution in [3.63, 3.8) is 0 Å². The number of nitrogens with zero attached hydrogens (tertiary/aromatic N) is 2. The fourth-order valence-corrected chi connectivity index (χ4v) is 9.43. The molecule has 1 N–H and O–H groups in total. The van der Waals surface area contributed by atoms with Crippen molar-refractivity contribution in [2.45, 2.75) is 212 Å². The van der Waals surface area contributed by atoms with Gasteiger partial charge in [-0.1, -0.05) is 154 Å². The SMILES string of the molecule is CCCCCCCC/C=C\CCCCCCCCOP(=O)(OCCCCCCCC/C=C\CCCCCCCC)C(c1ccc(CO)o1)N(C)CCCN(C)C. The van der Waals surface area contributed by atoms with Crippen LogP contribution < -0.4 is 0 Å². The number of hydrogen-bond acceptors (Lipinski definition) is 7. The molecular formula is C48H91N2O5P. The van der Waals surface area contributed by atoms with Crippen LogP contribution in [0.2, 0.25) is 0 Å². The van der Waals surface area contributed by atoms with Gasteiger partial charge in [0.2, 0.25) is 0 Å². The zero-order chi connectivity index (χ0) is 40.8. The topological polar surface area (TPSA) is 75.4 Å². The summed E-state index contributed by atoms with van der Waals surface area (Å²) in [6.45, 7) is 6.80. The monoisotopic (exact) mass is 807 g/mol. The predicted molar refractivity (Wildman–Crippen MR) is 242 cm³/mol. The molecule has 8 heteroatoms. The maximum atomic E-state index is 14.8. The van der Waals surface area contributed by atoms with Gasteiger partial charge in [0.15, 0.2) is 5.78 Å². The van der Waals surface area contributed by atoms with E-state index in [-0.39, 0.29) is 6.61 Å². The number of allylic oxidation sites excluding steroid dienone is 4. The van der Waals surface area contributed by atoms with E-state index < -0.39 is 13.4 Å². The van der Waals surface area contributed by atoms with E-state index in [1.165, 1.54) is 141 Å². The Balaban J connectivity index is 2.54. The van der Waals surface area contributed by atoms with E-state index in [4.69, 9.17) is 13.5 Å². The van der Waals surface area contributed by atoms with Crippen LogP contribution in [-0.4, -0.2) is 62.4 Å². The van der Waals surface area contributed by atoms with Crippen molar-refractivity contribution in [3.8, 4) is 0 Å². The minimum absolute atomic E-state index is 0.200. The van der Waals surface area contributed by atoms with Crippen LogP contribution in [0.25, 0.3) is 0 Å². The molecule has 0 radical (unpaired) electrons. The molecule has 0 aliphatic rings. The van der Waals surface area contributed by atoms with Crippen molar-refractivity contribution in [1.82, 2.24) is 9.80 Å². The average molecular weight is 807 g/mol. The Kier molecular flexibility index (Phi) is 35.9. The molecule has 56 heavy (non-hydrogen) atoms. The fourth-order valence-electron chi connectivity index (χ4n) is 7.25. The lowest BCUT2D eigenvalue weighted by atomic mass is 10.1. The van der Waals surface area contributed by atoms with Gasteiger partial charge in [0.1, 0.15) is 18.1 Å². The van der Waals surface area contributed by atoms with Gasteiger partial charge in [-0.05, 0) is 110 Å². The van der Waals surface area contributed by atoms with E-state index in [0.29, 0.717) is 24.7 Å². The molecule has 0 bridgehead atoms. The lowest BCUT2D eigenvalue weighted by Crippen LogP contribution is -2.29. The first-order valence-electron chi connectivity index (χ1n) is 23.6. The van der Waals surface area contributed by atoms with Crippen LogP contribution in [0.15, 0.2) is 40.9 Å². The van der Waals surface area contributed by atoms with Gasteiger partial charge in [0.05, 0.1) is 13.2 Å². The van der Waals surface area contributed by atoms with Gasteiger partial charge in [-0.25, -0.2) is 0 Å². The van der Waals surface area contributed by atoms with Gasteiger partial charge in [0.25, 0.3) is 0 Å². The summed E-state index contributed by atoms with van der Waals surface area (Å²) in [5.74, 6) is 0.333. The molecule has 7 nitrogen and oxygen atoms in total. The molecule has 0 aromatic carbocycles. The highest BCUT2D eigenvalue weighted by atomic mass is 31.2. The molecule has 1 rings (SSSR count). The van der Waals surface area contributed by atoms with E-state index in [1.807, 2.05) is 13.1 Å². The van der Waals surface area contributed by atoms with Crippen LogP contribution >= 0.6 is 7.60 Å². The van der Waals surface area contributed by atoms with Gasteiger partial charge in [-0.2, -0.15) is 0 Å². The summed E-state index contributed by atoms with van der Waals surface area (Å²) in [4.78, 5) is 4.22. The second-order valence-electron chi connectivity index (χ2n) is 16.6. The Morgan fingerprint density at radius 1 is 0.571 bits per heavy atom. The van der Waals surface area contributed by atoms with Gasteiger partial charge >= 0.3 is 7.60 Å². The molecule has 0 saturated carbocycles. The summed E-state index contributed by atoms with van der Waals surface area (Å²) in [5, 5.41) is 9.76. The van der Waals surface area contributed by atoms with Crippen LogP contribution in [0.5, 0.6) is 0 Å². The minimum Gasteiger partial charge on any atom is -0.461 e. The van der Waals surface area contributed by atoms with Gasteiger partial charge in [0, 0.05) is 6.54 Å².